The number of hydrogen-bond acceptors (Lipinski definition) is 3. The molecular formula is C16H32N2O2. The van der Waals surface area contributed by atoms with Crippen LogP contribution in [0.25, 0.3) is 0 Å². The van der Waals surface area contributed by atoms with Crippen LogP contribution in [0.15, 0.2) is 0 Å². The summed E-state index contributed by atoms with van der Waals surface area (Å²) in [6.07, 6.45) is 8.14. The summed E-state index contributed by atoms with van der Waals surface area (Å²) in [6.45, 7) is 7.32. The van der Waals surface area contributed by atoms with Crippen LogP contribution in [0.2, 0.25) is 0 Å². The molecular weight excluding hydrogens is 252 g/mol. The number of amides is 1. The van der Waals surface area contributed by atoms with E-state index in [0.29, 0.717) is 19.1 Å². The number of rotatable bonds is 7. The van der Waals surface area contributed by atoms with Crippen LogP contribution in [-0.2, 0) is 4.79 Å². The molecule has 0 radical (unpaired) electrons. The van der Waals surface area contributed by atoms with Gasteiger partial charge >= 0.3 is 0 Å². The smallest absolute Gasteiger partial charge is 0.236 e. The van der Waals surface area contributed by atoms with Crippen LogP contribution in [0.4, 0.5) is 0 Å². The van der Waals surface area contributed by atoms with Gasteiger partial charge in [0.15, 0.2) is 0 Å². The third-order valence-electron chi connectivity index (χ3n) is 4.39. The molecule has 1 N–H and O–H groups in total. The largest absolute Gasteiger partial charge is 0.395 e. The lowest BCUT2D eigenvalue weighted by Crippen LogP contribution is -2.46. The fourth-order valence-electron chi connectivity index (χ4n) is 3.09. The number of hydrogen-bond donors (Lipinski definition) is 1. The number of carbonyl (C=O) groups is 1. The Labute approximate surface area is 124 Å². The topological polar surface area (TPSA) is 43.8 Å². The number of likely N-dealkylation sites (tertiary alicyclic amines) is 1. The van der Waals surface area contributed by atoms with Crippen LogP contribution in [0.3, 0.4) is 0 Å². The molecule has 0 aromatic carbocycles. The second-order valence-electron chi connectivity index (χ2n) is 5.81. The molecule has 1 amide bonds. The van der Waals surface area contributed by atoms with Crippen molar-refractivity contribution in [2.75, 3.05) is 32.8 Å². The van der Waals surface area contributed by atoms with E-state index in [1.807, 2.05) is 4.90 Å². The van der Waals surface area contributed by atoms with Crippen molar-refractivity contribution in [1.29, 1.82) is 0 Å². The zero-order valence-corrected chi connectivity index (χ0v) is 13.3. The van der Waals surface area contributed by atoms with Crippen LogP contribution < -0.4 is 0 Å². The monoisotopic (exact) mass is 284 g/mol. The second kappa shape index (κ2) is 10.2. The molecule has 0 aromatic rings. The van der Waals surface area contributed by atoms with Crippen LogP contribution >= 0.6 is 0 Å². The first kappa shape index (κ1) is 17.4. The maximum absolute atomic E-state index is 12.5. The van der Waals surface area contributed by atoms with E-state index >= 15 is 0 Å². The van der Waals surface area contributed by atoms with E-state index in [-0.39, 0.29) is 12.5 Å². The first-order valence-electron chi connectivity index (χ1n) is 8.35. The van der Waals surface area contributed by atoms with E-state index < -0.39 is 0 Å². The Kier molecular flexibility index (Phi) is 8.86. The Morgan fingerprint density at radius 1 is 1.10 bits per heavy atom. The number of nitrogens with zero attached hydrogens (tertiary/aromatic N) is 2. The zero-order valence-electron chi connectivity index (χ0n) is 13.3. The van der Waals surface area contributed by atoms with E-state index in [9.17, 15) is 9.90 Å². The molecule has 0 aliphatic carbocycles. The molecule has 1 rings (SSSR count). The molecule has 4 heteroatoms. The van der Waals surface area contributed by atoms with Gasteiger partial charge in [-0.3, -0.25) is 9.69 Å². The molecule has 1 aliphatic rings. The Hall–Kier alpha value is -0.610. The molecule has 1 saturated heterocycles. The van der Waals surface area contributed by atoms with Gasteiger partial charge in [-0.2, -0.15) is 0 Å². The van der Waals surface area contributed by atoms with Crippen molar-refractivity contribution in [3.8, 4) is 0 Å². The first-order chi connectivity index (χ1) is 9.72. The van der Waals surface area contributed by atoms with Crippen LogP contribution in [-0.4, -0.2) is 59.6 Å². The number of aliphatic hydroxyl groups excluding tert-OH is 1. The van der Waals surface area contributed by atoms with E-state index in [4.69, 9.17) is 0 Å². The molecule has 1 heterocycles. The molecule has 0 aromatic heterocycles. The minimum absolute atomic E-state index is 0.129. The molecule has 0 spiro atoms. The fourth-order valence-corrected chi connectivity index (χ4v) is 3.09. The molecule has 0 saturated carbocycles. The Bertz CT molecular complexity index is 259. The molecule has 20 heavy (non-hydrogen) atoms. The summed E-state index contributed by atoms with van der Waals surface area (Å²) >= 11 is 0. The van der Waals surface area contributed by atoms with Crippen molar-refractivity contribution >= 4 is 5.91 Å². The molecule has 0 bridgehead atoms. The minimum Gasteiger partial charge on any atom is -0.395 e. The number of carbonyl (C=O) groups excluding carboxylic acids is 1. The second-order valence-corrected chi connectivity index (χ2v) is 5.81. The highest BCUT2D eigenvalue weighted by Crippen LogP contribution is 2.13. The van der Waals surface area contributed by atoms with Crippen molar-refractivity contribution in [2.24, 2.45) is 0 Å². The first-order valence-corrected chi connectivity index (χ1v) is 8.35. The third kappa shape index (κ3) is 5.80. The lowest BCUT2D eigenvalue weighted by atomic mass is 10.1. The maximum atomic E-state index is 12.5. The summed E-state index contributed by atoms with van der Waals surface area (Å²) in [4.78, 5) is 16.7. The molecule has 4 nitrogen and oxygen atoms in total. The van der Waals surface area contributed by atoms with Gasteiger partial charge in [0.2, 0.25) is 5.91 Å². The van der Waals surface area contributed by atoms with Gasteiger partial charge in [-0.15, -0.1) is 0 Å². The minimum atomic E-state index is 0.129. The summed E-state index contributed by atoms with van der Waals surface area (Å²) < 4.78 is 0. The van der Waals surface area contributed by atoms with Gasteiger partial charge in [0.05, 0.1) is 13.2 Å². The van der Waals surface area contributed by atoms with Crippen molar-refractivity contribution in [1.82, 2.24) is 9.80 Å². The molecule has 1 aliphatic heterocycles. The highest BCUT2D eigenvalue weighted by atomic mass is 16.3. The molecule has 0 atom stereocenters. The summed E-state index contributed by atoms with van der Waals surface area (Å²) in [5, 5.41) is 9.22. The summed E-state index contributed by atoms with van der Waals surface area (Å²) in [7, 11) is 0. The Morgan fingerprint density at radius 2 is 1.65 bits per heavy atom. The van der Waals surface area contributed by atoms with E-state index in [0.717, 1.165) is 38.8 Å². The Morgan fingerprint density at radius 3 is 2.15 bits per heavy atom. The normalized spacial score (nSPS) is 17.4. The highest BCUT2D eigenvalue weighted by Gasteiger charge is 2.21. The van der Waals surface area contributed by atoms with Gasteiger partial charge < -0.3 is 10.0 Å². The van der Waals surface area contributed by atoms with Crippen molar-refractivity contribution < 1.29 is 9.90 Å². The predicted octanol–water partition coefficient (Wildman–Crippen LogP) is 2.26. The van der Waals surface area contributed by atoms with E-state index in [2.05, 4.69) is 18.7 Å². The quantitative estimate of drug-likeness (QED) is 0.780. The highest BCUT2D eigenvalue weighted by molar-refractivity contribution is 5.78. The average molecular weight is 284 g/mol. The van der Waals surface area contributed by atoms with Gasteiger partial charge in [-0.25, -0.2) is 0 Å². The maximum Gasteiger partial charge on any atom is 0.236 e. The zero-order chi connectivity index (χ0) is 14.8. The molecule has 0 unspecified atom stereocenters. The van der Waals surface area contributed by atoms with Gasteiger partial charge in [0, 0.05) is 25.7 Å². The molecule has 1 fully saturated rings. The van der Waals surface area contributed by atoms with Crippen molar-refractivity contribution in [3.63, 3.8) is 0 Å². The van der Waals surface area contributed by atoms with Crippen LogP contribution in [0, 0.1) is 0 Å². The van der Waals surface area contributed by atoms with Gasteiger partial charge in [0.25, 0.3) is 0 Å². The fraction of sp³-hybridized carbons (Fsp3) is 0.938. The summed E-state index contributed by atoms with van der Waals surface area (Å²) in [5.41, 5.74) is 0. The van der Waals surface area contributed by atoms with E-state index in [1.165, 1.54) is 19.3 Å². The van der Waals surface area contributed by atoms with Gasteiger partial charge in [0.1, 0.15) is 0 Å². The summed E-state index contributed by atoms with van der Waals surface area (Å²) in [5.74, 6) is 0.243. The lowest BCUT2D eigenvalue weighted by molar-refractivity contribution is -0.133. The standard InChI is InChI=1S/C16H32N2O2/c1-3-15(4-2)18(12-13-19)14-16(20)17-10-8-6-5-7-9-11-17/h15,19H,3-14H2,1-2H3. The Balaban J connectivity index is 2.54. The lowest BCUT2D eigenvalue weighted by Gasteiger charge is -2.32. The predicted molar refractivity (Wildman–Crippen MR) is 82.7 cm³/mol. The van der Waals surface area contributed by atoms with E-state index in [1.54, 1.807) is 0 Å². The third-order valence-corrected chi connectivity index (χ3v) is 4.39. The van der Waals surface area contributed by atoms with Crippen LogP contribution in [0.1, 0.15) is 58.8 Å². The van der Waals surface area contributed by atoms with Crippen molar-refractivity contribution in [2.45, 2.75) is 64.8 Å². The number of aliphatic hydroxyl groups is 1. The summed E-state index contributed by atoms with van der Waals surface area (Å²) in [6, 6.07) is 0.404. The van der Waals surface area contributed by atoms with Gasteiger partial charge in [-0.1, -0.05) is 33.1 Å². The average Bonchev–Trinajstić information content (AvgIpc) is 2.39. The van der Waals surface area contributed by atoms with Crippen LogP contribution in [0.5, 0.6) is 0 Å². The van der Waals surface area contributed by atoms with Gasteiger partial charge in [-0.05, 0) is 25.7 Å². The molecule has 118 valence electrons. The van der Waals surface area contributed by atoms with Crippen molar-refractivity contribution in [3.05, 3.63) is 0 Å². The SMILES string of the molecule is CCC(CC)N(CCO)CC(=O)N1CCCCCCC1.